The first-order valence-corrected chi connectivity index (χ1v) is 11.7. The van der Waals surface area contributed by atoms with Crippen LogP contribution in [0.5, 0.6) is 0 Å². The van der Waals surface area contributed by atoms with Crippen molar-refractivity contribution in [3.63, 3.8) is 0 Å². The number of piperidine rings is 1. The standard InChI is InChI=1S/C26H31F2N5/c1-2-33(24-7-10-29-11-8-24)18-20-4-3-5-21(14-20)25-9-13-31-26(32-25)30-12-6-19-15-22(27)17-23(28)16-19/h3-5,9,13-17,24,29H,2,6-8,10-12,18H2,1H3,(H,30,31,32). The zero-order valence-electron chi connectivity index (χ0n) is 19.0. The van der Waals surface area contributed by atoms with Gasteiger partial charge in [0.25, 0.3) is 0 Å². The van der Waals surface area contributed by atoms with Crippen molar-refractivity contribution in [1.29, 1.82) is 0 Å². The maximum atomic E-state index is 13.4. The minimum absolute atomic E-state index is 0.474. The molecule has 1 aliphatic heterocycles. The van der Waals surface area contributed by atoms with Gasteiger partial charge in [0.15, 0.2) is 0 Å². The Hall–Kier alpha value is -2.90. The van der Waals surface area contributed by atoms with E-state index in [4.69, 9.17) is 0 Å². The Bertz CT molecular complexity index is 1030. The molecular weight excluding hydrogens is 420 g/mol. The Morgan fingerprint density at radius 3 is 2.58 bits per heavy atom. The lowest BCUT2D eigenvalue weighted by atomic mass is 10.0. The summed E-state index contributed by atoms with van der Waals surface area (Å²) in [6.07, 6.45) is 4.58. The molecule has 2 heterocycles. The van der Waals surface area contributed by atoms with Gasteiger partial charge < -0.3 is 10.6 Å². The van der Waals surface area contributed by atoms with Gasteiger partial charge in [0.05, 0.1) is 5.69 Å². The highest BCUT2D eigenvalue weighted by Crippen LogP contribution is 2.22. The molecule has 174 valence electrons. The Labute approximate surface area is 194 Å². The summed E-state index contributed by atoms with van der Waals surface area (Å²) in [4.78, 5) is 11.5. The van der Waals surface area contributed by atoms with Gasteiger partial charge in [-0.3, -0.25) is 4.90 Å². The van der Waals surface area contributed by atoms with Gasteiger partial charge >= 0.3 is 0 Å². The number of rotatable bonds is 9. The van der Waals surface area contributed by atoms with Gasteiger partial charge in [-0.25, -0.2) is 18.7 Å². The molecule has 1 saturated heterocycles. The molecule has 0 atom stereocenters. The van der Waals surface area contributed by atoms with Crippen LogP contribution >= 0.6 is 0 Å². The van der Waals surface area contributed by atoms with Crippen LogP contribution in [0.1, 0.15) is 30.9 Å². The molecule has 0 aliphatic carbocycles. The largest absolute Gasteiger partial charge is 0.354 e. The number of benzene rings is 2. The van der Waals surface area contributed by atoms with Gasteiger partial charge in [-0.1, -0.05) is 25.1 Å². The minimum Gasteiger partial charge on any atom is -0.354 e. The van der Waals surface area contributed by atoms with Crippen molar-refractivity contribution >= 4 is 5.95 Å². The summed E-state index contributed by atoms with van der Waals surface area (Å²) in [6.45, 7) is 6.85. The molecule has 2 N–H and O–H groups in total. The summed E-state index contributed by atoms with van der Waals surface area (Å²) in [6, 6.07) is 14.6. The van der Waals surface area contributed by atoms with Crippen LogP contribution in [0, 0.1) is 11.6 Å². The van der Waals surface area contributed by atoms with E-state index in [0.717, 1.165) is 43.5 Å². The molecule has 0 spiro atoms. The predicted molar refractivity (Wildman–Crippen MR) is 128 cm³/mol. The maximum Gasteiger partial charge on any atom is 0.223 e. The van der Waals surface area contributed by atoms with E-state index in [-0.39, 0.29) is 0 Å². The van der Waals surface area contributed by atoms with Gasteiger partial charge in [0, 0.05) is 37.0 Å². The molecular formula is C26H31F2N5. The Kier molecular flexibility index (Phi) is 7.96. The fraction of sp³-hybridized carbons (Fsp3) is 0.385. The fourth-order valence-corrected chi connectivity index (χ4v) is 4.41. The first-order chi connectivity index (χ1) is 16.1. The lowest BCUT2D eigenvalue weighted by Crippen LogP contribution is -2.42. The molecule has 3 aromatic rings. The van der Waals surface area contributed by atoms with Crippen molar-refractivity contribution in [2.45, 2.75) is 38.8 Å². The predicted octanol–water partition coefficient (Wildman–Crippen LogP) is 4.65. The van der Waals surface area contributed by atoms with E-state index in [9.17, 15) is 8.78 Å². The first-order valence-electron chi connectivity index (χ1n) is 11.7. The van der Waals surface area contributed by atoms with Crippen LogP contribution in [0.4, 0.5) is 14.7 Å². The van der Waals surface area contributed by atoms with Crippen LogP contribution in [0.2, 0.25) is 0 Å². The normalized spacial score (nSPS) is 14.5. The van der Waals surface area contributed by atoms with Crippen LogP contribution in [0.15, 0.2) is 54.7 Å². The van der Waals surface area contributed by atoms with Gasteiger partial charge in [-0.2, -0.15) is 0 Å². The van der Waals surface area contributed by atoms with E-state index >= 15 is 0 Å². The SMILES string of the molecule is CCN(Cc1cccc(-c2ccnc(NCCc3cc(F)cc(F)c3)n2)c1)C1CCNCC1. The average molecular weight is 452 g/mol. The van der Waals surface area contributed by atoms with Gasteiger partial charge in [-0.05, 0) is 74.3 Å². The zero-order valence-corrected chi connectivity index (χ0v) is 19.0. The Morgan fingerprint density at radius 2 is 1.82 bits per heavy atom. The Morgan fingerprint density at radius 1 is 1.03 bits per heavy atom. The van der Waals surface area contributed by atoms with Crippen LogP contribution in [-0.4, -0.2) is 47.1 Å². The highest BCUT2D eigenvalue weighted by Gasteiger charge is 2.19. The minimum atomic E-state index is -0.565. The molecule has 0 saturated carbocycles. The molecule has 0 unspecified atom stereocenters. The monoisotopic (exact) mass is 451 g/mol. The maximum absolute atomic E-state index is 13.4. The molecule has 0 radical (unpaired) electrons. The number of nitrogens with zero attached hydrogens (tertiary/aromatic N) is 3. The van der Waals surface area contributed by atoms with E-state index in [1.165, 1.54) is 30.5 Å². The summed E-state index contributed by atoms with van der Waals surface area (Å²) >= 11 is 0. The average Bonchev–Trinajstić information content (AvgIpc) is 2.83. The van der Waals surface area contributed by atoms with Crippen LogP contribution < -0.4 is 10.6 Å². The van der Waals surface area contributed by atoms with E-state index in [0.29, 0.717) is 30.5 Å². The van der Waals surface area contributed by atoms with E-state index in [2.05, 4.69) is 56.7 Å². The molecule has 1 aliphatic rings. The summed E-state index contributed by atoms with van der Waals surface area (Å²) in [7, 11) is 0. The summed E-state index contributed by atoms with van der Waals surface area (Å²) in [5.74, 6) is -0.630. The van der Waals surface area contributed by atoms with E-state index in [1.807, 2.05) is 6.07 Å². The van der Waals surface area contributed by atoms with Gasteiger partial charge in [0.2, 0.25) is 5.95 Å². The molecule has 1 fully saturated rings. The number of nitrogens with one attached hydrogen (secondary N) is 2. The third-order valence-electron chi connectivity index (χ3n) is 6.11. The molecule has 2 aromatic carbocycles. The number of anilines is 1. The summed E-state index contributed by atoms with van der Waals surface area (Å²) < 4.78 is 26.7. The molecule has 1 aromatic heterocycles. The van der Waals surface area contributed by atoms with Crippen LogP contribution in [-0.2, 0) is 13.0 Å². The molecule has 0 bridgehead atoms. The lowest BCUT2D eigenvalue weighted by Gasteiger charge is -2.34. The topological polar surface area (TPSA) is 53.1 Å². The first kappa shape index (κ1) is 23.3. The van der Waals surface area contributed by atoms with Crippen molar-refractivity contribution in [3.05, 3.63) is 77.5 Å². The highest BCUT2D eigenvalue weighted by molar-refractivity contribution is 5.61. The number of hydrogen-bond donors (Lipinski definition) is 2. The molecule has 4 rings (SSSR count). The highest BCUT2D eigenvalue weighted by atomic mass is 19.1. The fourth-order valence-electron chi connectivity index (χ4n) is 4.41. The van der Waals surface area contributed by atoms with Gasteiger partial charge in [0.1, 0.15) is 11.6 Å². The number of hydrogen-bond acceptors (Lipinski definition) is 5. The quantitative estimate of drug-likeness (QED) is 0.496. The third-order valence-corrected chi connectivity index (χ3v) is 6.11. The lowest BCUT2D eigenvalue weighted by molar-refractivity contribution is 0.162. The van der Waals surface area contributed by atoms with Gasteiger partial charge in [-0.15, -0.1) is 0 Å². The second kappa shape index (κ2) is 11.3. The number of halogens is 2. The van der Waals surface area contributed by atoms with Crippen molar-refractivity contribution in [3.8, 4) is 11.3 Å². The van der Waals surface area contributed by atoms with Crippen molar-refractivity contribution < 1.29 is 8.78 Å². The van der Waals surface area contributed by atoms with E-state index < -0.39 is 11.6 Å². The van der Waals surface area contributed by atoms with Crippen molar-refractivity contribution in [1.82, 2.24) is 20.2 Å². The second-order valence-corrected chi connectivity index (χ2v) is 8.46. The summed E-state index contributed by atoms with van der Waals surface area (Å²) in [5, 5.41) is 6.60. The number of aromatic nitrogens is 2. The molecule has 0 amide bonds. The smallest absolute Gasteiger partial charge is 0.223 e. The third kappa shape index (κ3) is 6.55. The zero-order chi connectivity index (χ0) is 23.0. The summed E-state index contributed by atoms with van der Waals surface area (Å²) in [5.41, 5.74) is 3.76. The molecule has 33 heavy (non-hydrogen) atoms. The van der Waals surface area contributed by atoms with Crippen molar-refractivity contribution in [2.24, 2.45) is 0 Å². The van der Waals surface area contributed by atoms with Crippen molar-refractivity contribution in [2.75, 3.05) is 31.5 Å². The van der Waals surface area contributed by atoms with Crippen LogP contribution in [0.3, 0.4) is 0 Å². The second-order valence-electron chi connectivity index (χ2n) is 8.46. The van der Waals surface area contributed by atoms with E-state index in [1.54, 1.807) is 6.20 Å². The van der Waals surface area contributed by atoms with Crippen LogP contribution in [0.25, 0.3) is 11.3 Å². The molecule has 5 nitrogen and oxygen atoms in total. The Balaban J connectivity index is 1.40. The molecule has 7 heteroatoms.